The molecule has 2 heterocycles. The molecule has 2 atom stereocenters. The van der Waals surface area contributed by atoms with E-state index >= 15 is 0 Å². The molecule has 0 aliphatic carbocycles. The Bertz CT molecular complexity index is 979. The van der Waals surface area contributed by atoms with E-state index in [2.05, 4.69) is 15.6 Å². The van der Waals surface area contributed by atoms with Crippen LogP contribution in [0.3, 0.4) is 0 Å². The molecule has 4 rings (SSSR count). The van der Waals surface area contributed by atoms with Crippen LogP contribution < -0.4 is 20.1 Å². The molecule has 29 heavy (non-hydrogen) atoms. The highest BCUT2D eigenvalue weighted by Gasteiger charge is 2.31. The zero-order chi connectivity index (χ0) is 20.1. The number of fused-ring (bicyclic) bond motifs is 1. The fourth-order valence-corrected chi connectivity index (χ4v) is 3.48. The number of hydrogen-bond donors (Lipinski definition) is 2. The van der Waals surface area contributed by atoms with E-state index in [1.807, 2.05) is 42.5 Å². The van der Waals surface area contributed by atoms with Gasteiger partial charge in [0.1, 0.15) is 12.6 Å². The molecule has 7 nitrogen and oxygen atoms in total. The van der Waals surface area contributed by atoms with E-state index in [0.29, 0.717) is 23.1 Å². The van der Waals surface area contributed by atoms with E-state index in [4.69, 9.17) is 9.47 Å². The fourth-order valence-electron chi connectivity index (χ4n) is 2.95. The van der Waals surface area contributed by atoms with Crippen LogP contribution in [0.25, 0.3) is 0 Å². The Morgan fingerprint density at radius 1 is 1.10 bits per heavy atom. The van der Waals surface area contributed by atoms with Gasteiger partial charge in [0, 0.05) is 18.0 Å². The summed E-state index contributed by atoms with van der Waals surface area (Å²) in [5, 5.41) is 7.80. The highest BCUT2D eigenvalue weighted by molar-refractivity contribution is 7.13. The van der Waals surface area contributed by atoms with Gasteiger partial charge in [0.25, 0.3) is 5.91 Å². The summed E-state index contributed by atoms with van der Waals surface area (Å²) in [5.74, 6) is 0.355. The van der Waals surface area contributed by atoms with Crippen LogP contribution in [0.15, 0.2) is 66.2 Å². The number of ether oxygens (including phenoxy) is 2. The molecule has 0 radical (unpaired) electrons. The Hall–Kier alpha value is -3.39. The molecule has 0 spiro atoms. The molecule has 0 fully saturated rings. The predicted octanol–water partition coefficient (Wildman–Crippen LogP) is 2.65. The van der Waals surface area contributed by atoms with E-state index in [9.17, 15) is 9.59 Å². The third kappa shape index (κ3) is 4.72. The van der Waals surface area contributed by atoms with Gasteiger partial charge >= 0.3 is 0 Å². The summed E-state index contributed by atoms with van der Waals surface area (Å²) in [6.45, 7) is 0.0784. The second kappa shape index (κ2) is 8.74. The minimum absolute atomic E-state index is 0.0784. The fraction of sp³-hybridized carbons (Fsp3) is 0.190. The summed E-state index contributed by atoms with van der Waals surface area (Å²) in [5.41, 5.74) is 0.929. The van der Waals surface area contributed by atoms with Crippen LogP contribution in [0.2, 0.25) is 0 Å². The van der Waals surface area contributed by atoms with Crippen LogP contribution in [0.1, 0.15) is 5.56 Å². The lowest BCUT2D eigenvalue weighted by Crippen LogP contribution is -2.52. The summed E-state index contributed by atoms with van der Waals surface area (Å²) < 4.78 is 11.4. The lowest BCUT2D eigenvalue weighted by molar-refractivity contribution is -0.133. The molecule has 148 valence electrons. The van der Waals surface area contributed by atoms with Crippen molar-refractivity contribution in [1.82, 2.24) is 10.3 Å². The third-order valence-corrected chi connectivity index (χ3v) is 5.07. The Balaban J connectivity index is 1.47. The van der Waals surface area contributed by atoms with Crippen LogP contribution in [0, 0.1) is 0 Å². The van der Waals surface area contributed by atoms with Crippen LogP contribution in [-0.4, -0.2) is 35.6 Å². The third-order valence-electron chi connectivity index (χ3n) is 4.38. The molecule has 8 heteroatoms. The number of amides is 2. The molecule has 1 aliphatic heterocycles. The zero-order valence-corrected chi connectivity index (χ0v) is 16.2. The standard InChI is InChI=1S/C21H19N3O4S/c25-19(24-21-22-10-11-29-21)15(12-14-6-2-1-3-7-14)23-20(26)18-13-27-16-8-4-5-9-17(16)28-18/h1-11,15,18H,12-13H2,(H,23,26)(H,22,24,25)/t15-,18-/m1/s1. The second-order valence-electron chi connectivity index (χ2n) is 6.44. The SMILES string of the molecule is O=C(Nc1nccs1)[C@@H](Cc1ccccc1)NC(=O)[C@H]1COc2ccccc2O1. The average molecular weight is 409 g/mol. The molecule has 0 saturated carbocycles. The number of rotatable bonds is 6. The summed E-state index contributed by atoms with van der Waals surface area (Å²) in [6, 6.07) is 15.9. The first kappa shape index (κ1) is 18.9. The van der Waals surface area contributed by atoms with Crippen molar-refractivity contribution in [3.63, 3.8) is 0 Å². The molecule has 0 unspecified atom stereocenters. The van der Waals surface area contributed by atoms with Gasteiger partial charge in [0.05, 0.1) is 0 Å². The van der Waals surface area contributed by atoms with Crippen molar-refractivity contribution in [3.8, 4) is 11.5 Å². The van der Waals surface area contributed by atoms with E-state index in [-0.39, 0.29) is 12.5 Å². The normalized spacial score (nSPS) is 15.9. The van der Waals surface area contributed by atoms with Crippen molar-refractivity contribution < 1.29 is 19.1 Å². The molecule has 1 aliphatic rings. The van der Waals surface area contributed by atoms with Gasteiger partial charge in [-0.1, -0.05) is 42.5 Å². The number of aromatic nitrogens is 1. The number of carbonyl (C=O) groups is 2. The Morgan fingerprint density at radius 3 is 2.62 bits per heavy atom. The number of thiazole rings is 1. The van der Waals surface area contributed by atoms with Crippen molar-refractivity contribution in [1.29, 1.82) is 0 Å². The van der Waals surface area contributed by atoms with Gasteiger partial charge in [-0.25, -0.2) is 4.98 Å². The Kier molecular flexibility index (Phi) is 5.71. The quantitative estimate of drug-likeness (QED) is 0.653. The first-order valence-corrected chi connectivity index (χ1v) is 10.00. The maximum Gasteiger partial charge on any atom is 0.265 e. The minimum Gasteiger partial charge on any atom is -0.485 e. The average Bonchev–Trinajstić information content (AvgIpc) is 3.26. The maximum absolute atomic E-state index is 12.8. The van der Waals surface area contributed by atoms with Crippen LogP contribution in [0.4, 0.5) is 5.13 Å². The van der Waals surface area contributed by atoms with Gasteiger partial charge in [-0.05, 0) is 17.7 Å². The van der Waals surface area contributed by atoms with Gasteiger partial charge in [-0.2, -0.15) is 0 Å². The van der Waals surface area contributed by atoms with Gasteiger partial charge < -0.3 is 20.1 Å². The van der Waals surface area contributed by atoms with Gasteiger partial charge in [0.15, 0.2) is 16.6 Å². The van der Waals surface area contributed by atoms with Crippen LogP contribution in [0.5, 0.6) is 11.5 Å². The lowest BCUT2D eigenvalue weighted by Gasteiger charge is -2.27. The molecule has 2 N–H and O–H groups in total. The van der Waals surface area contributed by atoms with Crippen molar-refractivity contribution in [2.75, 3.05) is 11.9 Å². The van der Waals surface area contributed by atoms with Crippen molar-refractivity contribution in [2.24, 2.45) is 0 Å². The smallest absolute Gasteiger partial charge is 0.265 e. The van der Waals surface area contributed by atoms with Crippen LogP contribution >= 0.6 is 11.3 Å². The predicted molar refractivity (Wildman–Crippen MR) is 109 cm³/mol. The highest BCUT2D eigenvalue weighted by atomic mass is 32.1. The number of nitrogens with one attached hydrogen (secondary N) is 2. The Labute approximate surface area is 171 Å². The molecule has 0 saturated heterocycles. The van der Waals surface area contributed by atoms with Crippen molar-refractivity contribution in [2.45, 2.75) is 18.6 Å². The molecule has 2 amide bonds. The zero-order valence-electron chi connectivity index (χ0n) is 15.4. The van der Waals surface area contributed by atoms with Crippen molar-refractivity contribution in [3.05, 3.63) is 71.7 Å². The molecule has 3 aromatic rings. The maximum atomic E-state index is 12.8. The highest BCUT2D eigenvalue weighted by Crippen LogP contribution is 2.30. The molecule has 1 aromatic heterocycles. The largest absolute Gasteiger partial charge is 0.485 e. The van der Waals surface area contributed by atoms with Gasteiger partial charge in [0.2, 0.25) is 12.0 Å². The molecule has 2 aromatic carbocycles. The van der Waals surface area contributed by atoms with Gasteiger partial charge in [-0.15, -0.1) is 11.3 Å². The lowest BCUT2D eigenvalue weighted by atomic mass is 10.0. The topological polar surface area (TPSA) is 89.6 Å². The number of hydrogen-bond acceptors (Lipinski definition) is 6. The number of anilines is 1. The first-order valence-electron chi connectivity index (χ1n) is 9.12. The van der Waals surface area contributed by atoms with Crippen molar-refractivity contribution >= 4 is 28.3 Å². The molecular formula is C21H19N3O4S. The summed E-state index contributed by atoms with van der Waals surface area (Å²) in [7, 11) is 0. The van der Waals surface area contributed by atoms with E-state index in [1.165, 1.54) is 11.3 Å². The number of para-hydroxylation sites is 2. The first-order chi connectivity index (χ1) is 14.2. The number of benzene rings is 2. The summed E-state index contributed by atoms with van der Waals surface area (Å²) in [4.78, 5) is 29.7. The molecule has 0 bridgehead atoms. The van der Waals surface area contributed by atoms with E-state index in [0.717, 1.165) is 5.56 Å². The summed E-state index contributed by atoms with van der Waals surface area (Å²) in [6.07, 6.45) is 1.11. The van der Waals surface area contributed by atoms with Crippen LogP contribution in [-0.2, 0) is 16.0 Å². The molecular weight excluding hydrogens is 390 g/mol. The second-order valence-corrected chi connectivity index (χ2v) is 7.34. The van der Waals surface area contributed by atoms with E-state index < -0.39 is 18.1 Å². The summed E-state index contributed by atoms with van der Waals surface area (Å²) >= 11 is 1.31. The Morgan fingerprint density at radius 2 is 1.86 bits per heavy atom. The minimum atomic E-state index is -0.837. The monoisotopic (exact) mass is 409 g/mol. The number of carbonyl (C=O) groups excluding carboxylic acids is 2. The van der Waals surface area contributed by atoms with E-state index in [1.54, 1.807) is 23.7 Å². The number of nitrogens with zero attached hydrogens (tertiary/aromatic N) is 1. The van der Waals surface area contributed by atoms with Gasteiger partial charge in [-0.3, -0.25) is 9.59 Å².